The standard InChI is InChI=1S/C18H15NO7/c1-11(16(20)12-7-9-13(10-8-12)19(23)24)17(21)26-15-6-4-3-5-14(15)18(22)25-2/h3-10,16,20H,1H2,2H3. The van der Waals surface area contributed by atoms with Gasteiger partial charge in [0.25, 0.3) is 5.69 Å². The number of methoxy groups -OCH3 is 1. The van der Waals surface area contributed by atoms with Gasteiger partial charge in [0.1, 0.15) is 17.4 Å². The Morgan fingerprint density at radius 2 is 1.77 bits per heavy atom. The van der Waals surface area contributed by atoms with Crippen molar-refractivity contribution in [2.75, 3.05) is 7.11 Å². The number of carbonyl (C=O) groups is 2. The van der Waals surface area contributed by atoms with Crippen LogP contribution in [0.4, 0.5) is 5.69 Å². The van der Waals surface area contributed by atoms with Crippen molar-refractivity contribution in [1.29, 1.82) is 0 Å². The van der Waals surface area contributed by atoms with E-state index in [0.717, 1.165) is 0 Å². The fourth-order valence-electron chi connectivity index (χ4n) is 2.09. The number of ether oxygens (including phenoxy) is 2. The Labute approximate surface area is 148 Å². The van der Waals surface area contributed by atoms with E-state index in [1.54, 1.807) is 12.1 Å². The van der Waals surface area contributed by atoms with Crippen LogP contribution in [-0.2, 0) is 9.53 Å². The summed E-state index contributed by atoms with van der Waals surface area (Å²) in [5.41, 5.74) is -0.167. The molecule has 0 radical (unpaired) electrons. The van der Waals surface area contributed by atoms with Crippen LogP contribution < -0.4 is 4.74 Å². The topological polar surface area (TPSA) is 116 Å². The molecule has 2 rings (SSSR count). The molecule has 8 nitrogen and oxygen atoms in total. The third kappa shape index (κ3) is 4.11. The normalized spacial score (nSPS) is 11.3. The fraction of sp³-hybridized carbons (Fsp3) is 0.111. The van der Waals surface area contributed by atoms with Crippen LogP contribution in [0.25, 0.3) is 0 Å². The number of carbonyl (C=O) groups excluding carboxylic acids is 2. The molecule has 0 aliphatic rings. The molecular formula is C18H15NO7. The number of benzene rings is 2. The highest BCUT2D eigenvalue weighted by molar-refractivity contribution is 5.96. The van der Waals surface area contributed by atoms with Crippen molar-refractivity contribution in [2.24, 2.45) is 0 Å². The zero-order valence-corrected chi connectivity index (χ0v) is 13.7. The number of aliphatic hydroxyl groups excluding tert-OH is 1. The lowest BCUT2D eigenvalue weighted by molar-refractivity contribution is -0.384. The number of nitrogens with zero attached hydrogens (tertiary/aromatic N) is 1. The number of aliphatic hydroxyl groups is 1. The van der Waals surface area contributed by atoms with Gasteiger partial charge in [0.15, 0.2) is 0 Å². The minimum atomic E-state index is -1.42. The molecule has 2 aromatic carbocycles. The number of rotatable bonds is 6. The highest BCUT2D eigenvalue weighted by atomic mass is 16.6. The van der Waals surface area contributed by atoms with Gasteiger partial charge >= 0.3 is 11.9 Å². The summed E-state index contributed by atoms with van der Waals surface area (Å²) in [6.07, 6.45) is -1.42. The minimum Gasteiger partial charge on any atom is -0.465 e. The van der Waals surface area contributed by atoms with Crippen LogP contribution in [0.15, 0.2) is 60.7 Å². The van der Waals surface area contributed by atoms with E-state index >= 15 is 0 Å². The molecular weight excluding hydrogens is 342 g/mol. The van der Waals surface area contributed by atoms with Crippen molar-refractivity contribution in [3.63, 3.8) is 0 Å². The number of esters is 2. The Balaban J connectivity index is 2.16. The van der Waals surface area contributed by atoms with Gasteiger partial charge < -0.3 is 14.6 Å². The second kappa shape index (κ2) is 8.04. The maximum atomic E-state index is 12.2. The van der Waals surface area contributed by atoms with Gasteiger partial charge in [-0.25, -0.2) is 9.59 Å². The van der Waals surface area contributed by atoms with E-state index in [-0.39, 0.29) is 28.1 Å². The Bertz CT molecular complexity index is 858. The molecule has 134 valence electrons. The zero-order chi connectivity index (χ0) is 19.3. The summed E-state index contributed by atoms with van der Waals surface area (Å²) in [4.78, 5) is 34.0. The summed E-state index contributed by atoms with van der Waals surface area (Å²) in [5, 5.41) is 20.9. The molecule has 0 aromatic heterocycles. The lowest BCUT2D eigenvalue weighted by Gasteiger charge is -2.14. The predicted molar refractivity (Wildman–Crippen MR) is 90.6 cm³/mol. The SMILES string of the molecule is C=C(C(=O)Oc1ccccc1C(=O)OC)C(O)c1ccc([N+](=O)[O-])cc1. The molecule has 0 bridgehead atoms. The monoisotopic (exact) mass is 357 g/mol. The molecule has 0 saturated heterocycles. The summed E-state index contributed by atoms with van der Waals surface area (Å²) in [7, 11) is 1.19. The largest absolute Gasteiger partial charge is 0.465 e. The number of hydrogen-bond acceptors (Lipinski definition) is 7. The van der Waals surface area contributed by atoms with Crippen LogP contribution in [0.1, 0.15) is 22.0 Å². The first-order valence-electron chi connectivity index (χ1n) is 7.36. The van der Waals surface area contributed by atoms with Gasteiger partial charge in [0, 0.05) is 12.1 Å². The summed E-state index contributed by atoms with van der Waals surface area (Å²) >= 11 is 0. The first-order chi connectivity index (χ1) is 12.3. The maximum absolute atomic E-state index is 12.2. The number of non-ortho nitro benzene ring substituents is 1. The smallest absolute Gasteiger partial charge is 0.341 e. The molecule has 1 atom stereocenters. The molecule has 2 aromatic rings. The average molecular weight is 357 g/mol. The van der Waals surface area contributed by atoms with E-state index < -0.39 is 23.0 Å². The van der Waals surface area contributed by atoms with Gasteiger partial charge in [0.05, 0.1) is 17.6 Å². The molecule has 0 saturated carbocycles. The van der Waals surface area contributed by atoms with E-state index in [4.69, 9.17) is 4.74 Å². The number of para-hydroxylation sites is 1. The first-order valence-corrected chi connectivity index (χ1v) is 7.36. The maximum Gasteiger partial charge on any atom is 0.341 e. The van der Waals surface area contributed by atoms with Crippen molar-refractivity contribution in [3.8, 4) is 5.75 Å². The van der Waals surface area contributed by atoms with Crippen LogP contribution >= 0.6 is 0 Å². The van der Waals surface area contributed by atoms with Gasteiger partial charge in [-0.1, -0.05) is 18.7 Å². The van der Waals surface area contributed by atoms with Crippen molar-refractivity contribution in [2.45, 2.75) is 6.10 Å². The lowest BCUT2D eigenvalue weighted by Crippen LogP contribution is -2.18. The van der Waals surface area contributed by atoms with Crippen LogP contribution in [0.5, 0.6) is 5.75 Å². The quantitative estimate of drug-likeness (QED) is 0.278. The van der Waals surface area contributed by atoms with Crippen LogP contribution in [0.2, 0.25) is 0 Å². The van der Waals surface area contributed by atoms with Crippen molar-refractivity contribution in [1.82, 2.24) is 0 Å². The molecule has 0 heterocycles. The molecule has 0 aliphatic heterocycles. The second-order valence-electron chi connectivity index (χ2n) is 5.15. The molecule has 0 spiro atoms. The van der Waals surface area contributed by atoms with Gasteiger partial charge in [-0.15, -0.1) is 0 Å². The van der Waals surface area contributed by atoms with E-state index in [9.17, 15) is 24.8 Å². The number of nitro benzene ring substituents is 1. The summed E-state index contributed by atoms with van der Waals surface area (Å²) in [6, 6.07) is 11.0. The summed E-state index contributed by atoms with van der Waals surface area (Å²) < 4.78 is 9.74. The number of hydrogen-bond donors (Lipinski definition) is 1. The minimum absolute atomic E-state index is 0.0404. The molecule has 8 heteroatoms. The summed E-state index contributed by atoms with van der Waals surface area (Å²) in [6.45, 7) is 3.50. The third-order valence-electron chi connectivity index (χ3n) is 3.51. The van der Waals surface area contributed by atoms with Gasteiger partial charge in [-0.3, -0.25) is 10.1 Å². The molecule has 1 unspecified atom stereocenters. The van der Waals surface area contributed by atoms with Crippen LogP contribution in [0.3, 0.4) is 0 Å². The Kier molecular flexibility index (Phi) is 5.82. The Hall–Kier alpha value is -3.52. The molecule has 1 N–H and O–H groups in total. The number of nitro groups is 1. The molecule has 0 fully saturated rings. The third-order valence-corrected chi connectivity index (χ3v) is 3.51. The van der Waals surface area contributed by atoms with Gasteiger partial charge in [0.2, 0.25) is 0 Å². The summed E-state index contributed by atoms with van der Waals surface area (Å²) in [5.74, 6) is -1.68. The zero-order valence-electron chi connectivity index (χ0n) is 13.7. The highest BCUT2D eigenvalue weighted by Crippen LogP contribution is 2.26. The van der Waals surface area contributed by atoms with Gasteiger partial charge in [-0.05, 0) is 29.8 Å². The lowest BCUT2D eigenvalue weighted by atomic mass is 10.0. The molecule has 0 aliphatic carbocycles. The fourth-order valence-corrected chi connectivity index (χ4v) is 2.09. The van der Waals surface area contributed by atoms with E-state index in [2.05, 4.69) is 11.3 Å². The van der Waals surface area contributed by atoms with E-state index in [1.165, 1.54) is 43.5 Å². The highest BCUT2D eigenvalue weighted by Gasteiger charge is 2.23. The van der Waals surface area contributed by atoms with Gasteiger partial charge in [-0.2, -0.15) is 0 Å². The average Bonchev–Trinajstić information content (AvgIpc) is 2.66. The van der Waals surface area contributed by atoms with E-state index in [0.29, 0.717) is 0 Å². The van der Waals surface area contributed by atoms with Crippen molar-refractivity contribution >= 4 is 17.6 Å². The second-order valence-corrected chi connectivity index (χ2v) is 5.15. The van der Waals surface area contributed by atoms with Crippen molar-refractivity contribution < 1.29 is 29.1 Å². The van der Waals surface area contributed by atoms with Crippen molar-refractivity contribution in [3.05, 3.63) is 81.9 Å². The first kappa shape index (κ1) is 18.8. The molecule has 26 heavy (non-hydrogen) atoms. The predicted octanol–water partition coefficient (Wildman–Crippen LogP) is 2.58. The Morgan fingerprint density at radius 3 is 2.35 bits per heavy atom. The van der Waals surface area contributed by atoms with Crippen LogP contribution in [-0.4, -0.2) is 29.1 Å². The molecule has 0 amide bonds. The van der Waals surface area contributed by atoms with Crippen LogP contribution in [0, 0.1) is 10.1 Å². The van der Waals surface area contributed by atoms with E-state index in [1.807, 2.05) is 0 Å². The Morgan fingerprint density at radius 1 is 1.15 bits per heavy atom.